The first-order valence-corrected chi connectivity index (χ1v) is 6.23. The SMILES string of the molecule is CCn1ccc(CNc2ccc([N+](=O)[O-])cc2C)c1. The Morgan fingerprint density at radius 3 is 2.74 bits per heavy atom. The van der Waals surface area contributed by atoms with E-state index < -0.39 is 0 Å². The monoisotopic (exact) mass is 259 g/mol. The number of nitrogens with zero attached hydrogens (tertiary/aromatic N) is 2. The van der Waals surface area contributed by atoms with Gasteiger partial charge in [-0.05, 0) is 37.1 Å². The van der Waals surface area contributed by atoms with Crippen LogP contribution >= 0.6 is 0 Å². The summed E-state index contributed by atoms with van der Waals surface area (Å²) in [6.45, 7) is 5.63. The summed E-state index contributed by atoms with van der Waals surface area (Å²) >= 11 is 0. The highest BCUT2D eigenvalue weighted by Gasteiger charge is 2.07. The van der Waals surface area contributed by atoms with Gasteiger partial charge in [0, 0.05) is 43.3 Å². The van der Waals surface area contributed by atoms with E-state index in [2.05, 4.69) is 29.1 Å². The van der Waals surface area contributed by atoms with Crippen molar-refractivity contribution in [3.63, 3.8) is 0 Å². The number of nitro benzene ring substituents is 1. The topological polar surface area (TPSA) is 60.1 Å². The second-order valence-corrected chi connectivity index (χ2v) is 4.46. The van der Waals surface area contributed by atoms with Crippen molar-refractivity contribution in [2.24, 2.45) is 0 Å². The van der Waals surface area contributed by atoms with Crippen molar-refractivity contribution in [3.05, 3.63) is 57.9 Å². The standard InChI is InChI=1S/C14H17N3O2/c1-3-16-7-6-12(10-16)9-15-14-5-4-13(17(18)19)8-11(14)2/h4-8,10,15H,3,9H2,1-2H3. The van der Waals surface area contributed by atoms with Crippen LogP contribution in [-0.2, 0) is 13.1 Å². The van der Waals surface area contributed by atoms with Crippen LogP contribution in [0.15, 0.2) is 36.7 Å². The molecule has 2 aromatic rings. The highest BCUT2D eigenvalue weighted by Crippen LogP contribution is 2.21. The zero-order valence-electron chi connectivity index (χ0n) is 11.1. The van der Waals surface area contributed by atoms with E-state index in [1.807, 2.05) is 13.1 Å². The fourth-order valence-electron chi connectivity index (χ4n) is 1.95. The van der Waals surface area contributed by atoms with Gasteiger partial charge in [0.05, 0.1) is 4.92 Å². The third-order valence-electron chi connectivity index (χ3n) is 3.08. The van der Waals surface area contributed by atoms with Gasteiger partial charge in [-0.25, -0.2) is 0 Å². The summed E-state index contributed by atoms with van der Waals surface area (Å²) in [6.07, 6.45) is 4.13. The first-order valence-electron chi connectivity index (χ1n) is 6.23. The van der Waals surface area contributed by atoms with Crippen molar-refractivity contribution in [1.29, 1.82) is 0 Å². The smallest absolute Gasteiger partial charge is 0.269 e. The molecule has 0 atom stereocenters. The van der Waals surface area contributed by atoms with Gasteiger partial charge >= 0.3 is 0 Å². The number of benzene rings is 1. The second-order valence-electron chi connectivity index (χ2n) is 4.46. The van der Waals surface area contributed by atoms with Gasteiger partial charge in [0.2, 0.25) is 0 Å². The Hall–Kier alpha value is -2.30. The highest BCUT2D eigenvalue weighted by atomic mass is 16.6. The van der Waals surface area contributed by atoms with Crippen LogP contribution in [0.2, 0.25) is 0 Å². The number of aryl methyl sites for hydroxylation is 2. The Balaban J connectivity index is 2.05. The number of nitrogens with one attached hydrogen (secondary N) is 1. The molecule has 1 aromatic heterocycles. The van der Waals surface area contributed by atoms with Crippen molar-refractivity contribution in [2.75, 3.05) is 5.32 Å². The zero-order chi connectivity index (χ0) is 13.8. The molecule has 100 valence electrons. The Kier molecular flexibility index (Phi) is 3.85. The molecule has 1 N–H and O–H groups in total. The van der Waals surface area contributed by atoms with Gasteiger partial charge in [0.15, 0.2) is 0 Å². The second kappa shape index (κ2) is 5.56. The molecule has 0 spiro atoms. The highest BCUT2D eigenvalue weighted by molar-refractivity contribution is 5.55. The molecule has 0 aliphatic carbocycles. The number of rotatable bonds is 5. The van der Waals surface area contributed by atoms with Gasteiger partial charge < -0.3 is 9.88 Å². The van der Waals surface area contributed by atoms with E-state index >= 15 is 0 Å². The maximum Gasteiger partial charge on any atom is 0.269 e. The van der Waals surface area contributed by atoms with E-state index in [9.17, 15) is 10.1 Å². The Morgan fingerprint density at radius 1 is 1.37 bits per heavy atom. The van der Waals surface area contributed by atoms with E-state index in [0.29, 0.717) is 6.54 Å². The first-order chi connectivity index (χ1) is 9.10. The molecule has 19 heavy (non-hydrogen) atoms. The lowest BCUT2D eigenvalue weighted by atomic mass is 10.1. The zero-order valence-corrected chi connectivity index (χ0v) is 11.1. The molecular weight excluding hydrogens is 242 g/mol. The molecular formula is C14H17N3O2. The fraction of sp³-hybridized carbons (Fsp3) is 0.286. The third kappa shape index (κ3) is 3.13. The van der Waals surface area contributed by atoms with Gasteiger partial charge in [0.25, 0.3) is 5.69 Å². The minimum atomic E-state index is -0.377. The Labute approximate surface area is 112 Å². The average molecular weight is 259 g/mol. The molecule has 0 saturated heterocycles. The van der Waals surface area contributed by atoms with E-state index in [4.69, 9.17) is 0 Å². The molecule has 5 heteroatoms. The number of non-ortho nitro benzene ring substituents is 1. The summed E-state index contributed by atoms with van der Waals surface area (Å²) in [7, 11) is 0. The molecule has 0 fully saturated rings. The van der Waals surface area contributed by atoms with Crippen LogP contribution in [0.25, 0.3) is 0 Å². The average Bonchev–Trinajstić information content (AvgIpc) is 2.85. The minimum Gasteiger partial charge on any atom is -0.381 e. The van der Waals surface area contributed by atoms with Crippen LogP contribution in [0, 0.1) is 17.0 Å². The predicted octanol–water partition coefficient (Wildman–Crippen LogP) is 3.34. The van der Waals surface area contributed by atoms with Gasteiger partial charge in [-0.15, -0.1) is 0 Å². The van der Waals surface area contributed by atoms with Crippen LogP contribution in [0.3, 0.4) is 0 Å². The summed E-state index contributed by atoms with van der Waals surface area (Å²) in [4.78, 5) is 10.3. The van der Waals surface area contributed by atoms with E-state index in [0.717, 1.165) is 17.8 Å². The lowest BCUT2D eigenvalue weighted by Crippen LogP contribution is -2.01. The van der Waals surface area contributed by atoms with Crippen LogP contribution in [-0.4, -0.2) is 9.49 Å². The largest absolute Gasteiger partial charge is 0.381 e. The molecule has 1 heterocycles. The van der Waals surface area contributed by atoms with Gasteiger partial charge in [-0.1, -0.05) is 0 Å². The molecule has 0 saturated carbocycles. The van der Waals surface area contributed by atoms with Crippen molar-refractivity contribution in [2.45, 2.75) is 26.9 Å². The predicted molar refractivity (Wildman–Crippen MR) is 75.3 cm³/mol. The van der Waals surface area contributed by atoms with Crippen molar-refractivity contribution < 1.29 is 4.92 Å². The molecule has 2 rings (SSSR count). The molecule has 0 radical (unpaired) electrons. The lowest BCUT2D eigenvalue weighted by Gasteiger charge is -2.08. The summed E-state index contributed by atoms with van der Waals surface area (Å²) in [5, 5.41) is 14.0. The Bertz CT molecular complexity index is 590. The van der Waals surface area contributed by atoms with E-state index in [1.165, 1.54) is 11.6 Å². The summed E-state index contributed by atoms with van der Waals surface area (Å²) in [6, 6.07) is 6.92. The molecule has 0 aliphatic rings. The van der Waals surface area contributed by atoms with Crippen molar-refractivity contribution in [1.82, 2.24) is 4.57 Å². The lowest BCUT2D eigenvalue weighted by molar-refractivity contribution is -0.384. The van der Waals surface area contributed by atoms with Gasteiger partial charge in [-0.3, -0.25) is 10.1 Å². The number of hydrogen-bond acceptors (Lipinski definition) is 3. The molecule has 0 amide bonds. The molecule has 0 aliphatic heterocycles. The maximum atomic E-state index is 10.7. The van der Waals surface area contributed by atoms with Gasteiger partial charge in [-0.2, -0.15) is 0 Å². The quantitative estimate of drug-likeness (QED) is 0.661. The number of anilines is 1. The van der Waals surface area contributed by atoms with Crippen LogP contribution in [0.5, 0.6) is 0 Å². The maximum absolute atomic E-state index is 10.7. The van der Waals surface area contributed by atoms with Crippen molar-refractivity contribution in [3.8, 4) is 0 Å². The molecule has 5 nitrogen and oxygen atoms in total. The van der Waals surface area contributed by atoms with Crippen LogP contribution in [0.1, 0.15) is 18.1 Å². The van der Waals surface area contributed by atoms with Crippen LogP contribution < -0.4 is 5.32 Å². The number of nitro groups is 1. The van der Waals surface area contributed by atoms with Crippen molar-refractivity contribution >= 4 is 11.4 Å². The molecule has 0 bridgehead atoms. The van der Waals surface area contributed by atoms with Crippen LogP contribution in [0.4, 0.5) is 11.4 Å². The van der Waals surface area contributed by atoms with E-state index in [-0.39, 0.29) is 10.6 Å². The van der Waals surface area contributed by atoms with E-state index in [1.54, 1.807) is 12.1 Å². The van der Waals surface area contributed by atoms with Gasteiger partial charge in [0.1, 0.15) is 0 Å². The normalized spacial score (nSPS) is 10.4. The third-order valence-corrected chi connectivity index (χ3v) is 3.08. The summed E-state index contributed by atoms with van der Waals surface area (Å²) < 4.78 is 2.11. The minimum absolute atomic E-state index is 0.125. The number of aromatic nitrogens is 1. The summed E-state index contributed by atoms with van der Waals surface area (Å²) in [5.41, 5.74) is 3.12. The summed E-state index contributed by atoms with van der Waals surface area (Å²) in [5.74, 6) is 0. The first kappa shape index (κ1) is 13.1. The Morgan fingerprint density at radius 2 is 2.16 bits per heavy atom. The molecule has 1 aromatic carbocycles. The number of hydrogen-bond donors (Lipinski definition) is 1. The molecule has 0 unspecified atom stereocenters. The fourth-order valence-corrected chi connectivity index (χ4v) is 1.95.